The average molecular weight is 434 g/mol. The molecule has 3 aromatic rings. The normalized spacial score (nSPS) is 26.8. The quantitative estimate of drug-likeness (QED) is 0.425. The number of para-hydroxylation sites is 1. The van der Waals surface area contributed by atoms with Gasteiger partial charge in [0.1, 0.15) is 24.4 Å². The molecule has 1 aliphatic heterocycles. The minimum atomic E-state index is -1.47. The second-order valence-corrected chi connectivity index (χ2v) is 8.04. The molecule has 10 heteroatoms. The van der Waals surface area contributed by atoms with Crippen LogP contribution in [0.25, 0.3) is 10.9 Å². The largest absolute Gasteiger partial charge is 0.464 e. The molecule has 30 heavy (non-hydrogen) atoms. The number of ether oxygens (including phenoxy) is 2. The second kappa shape index (κ2) is 8.42. The molecule has 160 valence electrons. The molecule has 0 radical (unpaired) electrons. The lowest BCUT2D eigenvalue weighted by Gasteiger charge is -2.40. The molecule has 9 nitrogen and oxygen atoms in total. The molecule has 5 atom stereocenters. The van der Waals surface area contributed by atoms with Crippen molar-refractivity contribution in [2.75, 3.05) is 13.7 Å². The zero-order chi connectivity index (χ0) is 21.4. The molecule has 3 heterocycles. The molecule has 1 fully saturated rings. The molecular weight excluding hydrogens is 412 g/mol. The topological polar surface area (TPSA) is 134 Å². The summed E-state index contributed by atoms with van der Waals surface area (Å²) in [6, 6.07) is 7.48. The van der Waals surface area contributed by atoms with E-state index in [0.717, 1.165) is 16.5 Å². The Hall–Kier alpha value is -2.34. The van der Waals surface area contributed by atoms with Crippen LogP contribution in [0, 0.1) is 0 Å². The molecule has 5 unspecified atom stereocenters. The van der Waals surface area contributed by atoms with E-state index >= 15 is 0 Å². The van der Waals surface area contributed by atoms with Gasteiger partial charge in [0.05, 0.1) is 24.2 Å². The average Bonchev–Trinajstić information content (AvgIpc) is 3.37. The van der Waals surface area contributed by atoms with Crippen LogP contribution >= 0.6 is 11.3 Å². The smallest absolute Gasteiger partial charge is 0.357 e. The highest BCUT2D eigenvalue weighted by Crippen LogP contribution is 2.34. The first-order chi connectivity index (χ1) is 14.4. The maximum absolute atomic E-state index is 11.7. The molecule has 0 saturated carbocycles. The Kier molecular flexibility index (Phi) is 5.87. The number of methoxy groups -OCH3 is 1. The number of hydrogen-bond acceptors (Lipinski definition) is 9. The first-order valence-electron chi connectivity index (χ1n) is 9.36. The maximum Gasteiger partial charge on any atom is 0.357 e. The Morgan fingerprint density at radius 1 is 1.23 bits per heavy atom. The summed E-state index contributed by atoms with van der Waals surface area (Å²) in [6.07, 6.45) is -4.05. The summed E-state index contributed by atoms with van der Waals surface area (Å²) in [5, 5.41) is 43.5. The van der Waals surface area contributed by atoms with Gasteiger partial charge in [-0.3, -0.25) is 0 Å². The molecule has 0 bridgehead atoms. The lowest BCUT2D eigenvalue weighted by Crippen LogP contribution is -2.56. The number of aromatic nitrogens is 2. The van der Waals surface area contributed by atoms with Crippen LogP contribution in [0.1, 0.15) is 27.3 Å². The number of carbonyl (C=O) groups is 1. The molecule has 1 saturated heterocycles. The number of fused-ring (bicyclic) bond motifs is 1. The molecule has 1 aromatic carbocycles. The molecule has 0 amide bonds. The summed E-state index contributed by atoms with van der Waals surface area (Å²) in [5.41, 5.74) is 1.88. The Labute approximate surface area is 175 Å². The summed E-state index contributed by atoms with van der Waals surface area (Å²) in [7, 11) is 1.30. The Balaban J connectivity index is 1.70. The Morgan fingerprint density at radius 3 is 2.73 bits per heavy atom. The van der Waals surface area contributed by atoms with E-state index in [-0.39, 0.29) is 5.69 Å². The van der Waals surface area contributed by atoms with E-state index in [0.29, 0.717) is 11.4 Å². The van der Waals surface area contributed by atoms with Gasteiger partial charge in [-0.05, 0) is 11.6 Å². The zero-order valence-electron chi connectivity index (χ0n) is 16.1. The minimum absolute atomic E-state index is 0.246. The SMILES string of the molecule is COC(=O)c1csc(Cc2cn(C3OC(CO)C(O)C(O)C3O)c3ccccc23)n1. The van der Waals surface area contributed by atoms with Gasteiger partial charge in [-0.2, -0.15) is 0 Å². The predicted molar refractivity (Wildman–Crippen MR) is 107 cm³/mol. The fourth-order valence-corrected chi connectivity index (χ4v) is 4.48. The van der Waals surface area contributed by atoms with Crippen LogP contribution in [0.4, 0.5) is 0 Å². The summed E-state index contributed by atoms with van der Waals surface area (Å²) in [6.45, 7) is -0.497. The highest BCUT2D eigenvalue weighted by Gasteiger charge is 2.44. The standard InChI is InChI=1S/C20H22N2O7S/c1-28-20(27)12-9-30-15(21-12)6-10-7-22(13-5-3-2-4-11(10)13)19-18(26)17(25)16(24)14(8-23)29-19/h2-5,7,9,14,16-19,23-26H,6,8H2,1H3. The molecule has 4 N–H and O–H groups in total. The van der Waals surface area contributed by atoms with E-state index < -0.39 is 43.2 Å². The fourth-order valence-electron chi connectivity index (χ4n) is 3.69. The van der Waals surface area contributed by atoms with Crippen LogP contribution in [0.15, 0.2) is 35.8 Å². The second-order valence-electron chi connectivity index (χ2n) is 7.09. The van der Waals surface area contributed by atoms with Crippen molar-refractivity contribution < 1.29 is 34.7 Å². The van der Waals surface area contributed by atoms with Crippen LogP contribution in [-0.4, -0.2) is 74.1 Å². The van der Waals surface area contributed by atoms with Crippen molar-refractivity contribution in [2.24, 2.45) is 0 Å². The number of hydrogen-bond donors (Lipinski definition) is 4. The maximum atomic E-state index is 11.7. The minimum Gasteiger partial charge on any atom is -0.464 e. The van der Waals surface area contributed by atoms with Crippen LogP contribution in [0.3, 0.4) is 0 Å². The van der Waals surface area contributed by atoms with Gasteiger partial charge in [0.25, 0.3) is 0 Å². The van der Waals surface area contributed by atoms with Gasteiger partial charge in [-0.25, -0.2) is 9.78 Å². The van der Waals surface area contributed by atoms with E-state index in [1.54, 1.807) is 16.1 Å². The lowest BCUT2D eigenvalue weighted by molar-refractivity contribution is -0.250. The van der Waals surface area contributed by atoms with Crippen LogP contribution in [-0.2, 0) is 15.9 Å². The number of aliphatic hydroxyl groups excluding tert-OH is 4. The monoisotopic (exact) mass is 434 g/mol. The van der Waals surface area contributed by atoms with Crippen LogP contribution in [0.2, 0.25) is 0 Å². The fraction of sp³-hybridized carbons (Fsp3) is 0.400. The third kappa shape index (κ3) is 3.62. The molecule has 0 aliphatic carbocycles. The highest BCUT2D eigenvalue weighted by molar-refractivity contribution is 7.09. The molecule has 2 aromatic heterocycles. The van der Waals surface area contributed by atoms with Gasteiger partial charge < -0.3 is 34.5 Å². The van der Waals surface area contributed by atoms with Crippen LogP contribution in [0.5, 0.6) is 0 Å². The summed E-state index contributed by atoms with van der Waals surface area (Å²) in [4.78, 5) is 16.0. The molecule has 1 aliphatic rings. The van der Waals surface area contributed by atoms with Gasteiger partial charge in [-0.15, -0.1) is 11.3 Å². The van der Waals surface area contributed by atoms with Crippen LogP contribution < -0.4 is 0 Å². The molecule has 4 rings (SSSR count). The third-order valence-electron chi connectivity index (χ3n) is 5.25. The van der Waals surface area contributed by atoms with E-state index in [1.165, 1.54) is 18.4 Å². The van der Waals surface area contributed by atoms with Gasteiger partial charge in [-0.1, -0.05) is 18.2 Å². The van der Waals surface area contributed by atoms with Crippen molar-refractivity contribution in [1.82, 2.24) is 9.55 Å². The Bertz CT molecular complexity index is 1050. The molecule has 0 spiro atoms. The summed E-state index contributed by atoms with van der Waals surface area (Å²) in [5.74, 6) is -0.499. The van der Waals surface area contributed by atoms with E-state index in [1.807, 2.05) is 24.3 Å². The predicted octanol–water partition coefficient (Wildman–Crippen LogP) is 0.448. The van der Waals surface area contributed by atoms with Gasteiger partial charge >= 0.3 is 5.97 Å². The number of benzene rings is 1. The number of aliphatic hydroxyl groups is 4. The van der Waals surface area contributed by atoms with Crippen molar-refractivity contribution in [3.63, 3.8) is 0 Å². The number of nitrogens with zero attached hydrogens (tertiary/aromatic N) is 2. The number of thiazole rings is 1. The van der Waals surface area contributed by atoms with E-state index in [9.17, 15) is 25.2 Å². The van der Waals surface area contributed by atoms with E-state index in [4.69, 9.17) is 9.47 Å². The van der Waals surface area contributed by atoms with Crippen molar-refractivity contribution in [3.05, 3.63) is 52.1 Å². The third-order valence-corrected chi connectivity index (χ3v) is 6.10. The van der Waals surface area contributed by atoms with Crippen molar-refractivity contribution in [3.8, 4) is 0 Å². The highest BCUT2D eigenvalue weighted by atomic mass is 32.1. The zero-order valence-corrected chi connectivity index (χ0v) is 16.9. The first-order valence-corrected chi connectivity index (χ1v) is 10.2. The first kappa shape index (κ1) is 20.9. The summed E-state index contributed by atoms with van der Waals surface area (Å²) >= 11 is 1.34. The van der Waals surface area contributed by atoms with Crippen molar-refractivity contribution in [2.45, 2.75) is 37.1 Å². The lowest BCUT2D eigenvalue weighted by atomic mass is 9.98. The number of rotatable bonds is 5. The van der Waals surface area contributed by atoms with Gasteiger partial charge in [0.15, 0.2) is 11.9 Å². The molecular formula is C20H22N2O7S. The summed E-state index contributed by atoms with van der Waals surface area (Å²) < 4.78 is 12.1. The van der Waals surface area contributed by atoms with Gasteiger partial charge in [0.2, 0.25) is 0 Å². The Morgan fingerprint density at radius 2 is 2.00 bits per heavy atom. The van der Waals surface area contributed by atoms with Crippen molar-refractivity contribution in [1.29, 1.82) is 0 Å². The number of carbonyl (C=O) groups excluding carboxylic acids is 1. The van der Waals surface area contributed by atoms with Crippen molar-refractivity contribution >= 4 is 28.2 Å². The number of esters is 1. The van der Waals surface area contributed by atoms with Gasteiger partial charge in [0, 0.05) is 23.4 Å². The van der Waals surface area contributed by atoms with E-state index in [2.05, 4.69) is 4.98 Å².